The number of ether oxygens (including phenoxy) is 1. The Bertz CT molecular complexity index is 1010. The molecule has 3 heterocycles. The van der Waals surface area contributed by atoms with Crippen molar-refractivity contribution in [3.8, 4) is 11.8 Å². The van der Waals surface area contributed by atoms with Gasteiger partial charge in [-0.25, -0.2) is 9.37 Å². The summed E-state index contributed by atoms with van der Waals surface area (Å²) < 4.78 is 24.9. The SMILES string of the molecule is Cc1cnc(Nc2cc(F)c3c(c2)C=CB(O)O3)nc1NC1COCC[C@@H]1C#N.[HH].[HH].[HH]. The molecule has 1 unspecified atom stereocenters. The van der Waals surface area contributed by atoms with Crippen LogP contribution in [0.15, 0.2) is 24.3 Å². The molecule has 3 N–H and O–H groups in total. The maximum atomic E-state index is 14.3. The van der Waals surface area contributed by atoms with Gasteiger partial charge in [0.25, 0.3) is 0 Å². The number of nitrogens with one attached hydrogen (secondary N) is 2. The predicted molar refractivity (Wildman–Crippen MR) is 112 cm³/mol. The summed E-state index contributed by atoms with van der Waals surface area (Å²) in [5.41, 5.74) is 1.76. The first-order valence-electron chi connectivity index (χ1n) is 9.24. The minimum absolute atomic E-state index is 0. The number of fused-ring (bicyclic) bond motifs is 1. The van der Waals surface area contributed by atoms with Crippen LogP contribution in [0.25, 0.3) is 6.08 Å². The Morgan fingerprint density at radius 3 is 3.14 bits per heavy atom. The van der Waals surface area contributed by atoms with Crippen molar-refractivity contribution in [3.05, 3.63) is 41.2 Å². The summed E-state index contributed by atoms with van der Waals surface area (Å²) in [4.78, 5) is 8.72. The van der Waals surface area contributed by atoms with Crippen molar-refractivity contribution in [2.45, 2.75) is 19.4 Å². The van der Waals surface area contributed by atoms with Crippen LogP contribution < -0.4 is 15.3 Å². The van der Waals surface area contributed by atoms with Crippen LogP contribution in [0.3, 0.4) is 0 Å². The molecule has 0 radical (unpaired) electrons. The Balaban J connectivity index is 0.00000171. The normalized spacial score (nSPS) is 20.4. The lowest BCUT2D eigenvalue weighted by molar-refractivity contribution is 0.0698. The highest BCUT2D eigenvalue weighted by atomic mass is 19.1. The van der Waals surface area contributed by atoms with E-state index < -0.39 is 12.9 Å². The fraction of sp³-hybridized carbons (Fsp3) is 0.316. The van der Waals surface area contributed by atoms with Crippen molar-refractivity contribution in [1.82, 2.24) is 9.97 Å². The van der Waals surface area contributed by atoms with Crippen LogP contribution in [-0.2, 0) is 4.74 Å². The number of hydrogen-bond donors (Lipinski definition) is 3. The molecular weight excluding hydrogens is 376 g/mol. The van der Waals surface area contributed by atoms with Gasteiger partial charge in [0.05, 0.1) is 24.6 Å². The quantitative estimate of drug-likeness (QED) is 0.670. The van der Waals surface area contributed by atoms with Gasteiger partial charge in [-0.3, -0.25) is 0 Å². The third kappa shape index (κ3) is 4.16. The van der Waals surface area contributed by atoms with Crippen molar-refractivity contribution < 1.29 is 23.1 Å². The summed E-state index contributed by atoms with van der Waals surface area (Å²) in [6, 6.07) is 5.08. The zero-order valence-electron chi connectivity index (χ0n) is 15.7. The summed E-state index contributed by atoms with van der Waals surface area (Å²) in [7, 11) is -1.16. The van der Waals surface area contributed by atoms with E-state index in [9.17, 15) is 14.7 Å². The molecule has 10 heteroatoms. The standard InChI is InChI=1S/C19H19BFN5O3.3H2/c1-11-9-23-19(26-18(11)25-16-10-28-5-3-13(16)8-22)24-14-6-12-2-4-20(27)29-17(12)15(21)7-14;;;/h2,4,6-7,9,13,16,27H,3,5,10H2,1H3,(H2,23,24,25,26);3*1H/t13-,16?;;;/m1.../s1. The third-order valence-corrected chi connectivity index (χ3v) is 4.82. The number of aryl methyl sites for hydroxylation is 1. The summed E-state index contributed by atoms with van der Waals surface area (Å²) in [5.74, 6) is 1.53. The molecule has 1 aromatic carbocycles. The van der Waals surface area contributed by atoms with Crippen LogP contribution in [0, 0.1) is 30.0 Å². The van der Waals surface area contributed by atoms with Crippen molar-refractivity contribution in [2.24, 2.45) is 5.92 Å². The molecule has 0 amide bonds. The second kappa shape index (κ2) is 8.07. The zero-order chi connectivity index (χ0) is 20.4. The summed E-state index contributed by atoms with van der Waals surface area (Å²) in [5, 5.41) is 25.1. The topological polar surface area (TPSA) is 112 Å². The molecule has 0 bridgehead atoms. The molecule has 1 saturated heterocycles. The van der Waals surface area contributed by atoms with E-state index in [1.807, 2.05) is 6.92 Å². The lowest BCUT2D eigenvalue weighted by atomic mass is 9.86. The first-order valence-corrected chi connectivity index (χ1v) is 9.24. The maximum absolute atomic E-state index is 14.3. The molecule has 154 valence electrons. The molecule has 0 spiro atoms. The van der Waals surface area contributed by atoms with Gasteiger partial charge < -0.3 is 25.0 Å². The monoisotopic (exact) mass is 401 g/mol. The fourth-order valence-electron chi connectivity index (χ4n) is 3.27. The van der Waals surface area contributed by atoms with E-state index in [2.05, 4.69) is 26.7 Å². The molecule has 8 nitrogen and oxygen atoms in total. The third-order valence-electron chi connectivity index (χ3n) is 4.82. The number of nitriles is 1. The van der Waals surface area contributed by atoms with Crippen molar-refractivity contribution in [3.63, 3.8) is 0 Å². The Hall–Kier alpha value is -3.16. The molecular formula is C19H25BFN5O3. The molecule has 2 aromatic rings. The van der Waals surface area contributed by atoms with E-state index in [0.717, 1.165) is 5.56 Å². The van der Waals surface area contributed by atoms with Gasteiger partial charge in [-0.15, -0.1) is 0 Å². The molecule has 29 heavy (non-hydrogen) atoms. The van der Waals surface area contributed by atoms with Crippen LogP contribution in [0.5, 0.6) is 5.75 Å². The number of hydrogen-bond acceptors (Lipinski definition) is 8. The lowest BCUT2D eigenvalue weighted by Crippen LogP contribution is -2.38. The number of rotatable bonds is 4. The van der Waals surface area contributed by atoms with Crippen LogP contribution in [0.4, 0.5) is 21.8 Å². The summed E-state index contributed by atoms with van der Waals surface area (Å²) >= 11 is 0. The first kappa shape index (κ1) is 19.2. The predicted octanol–water partition coefficient (Wildman–Crippen LogP) is 3.17. The van der Waals surface area contributed by atoms with E-state index in [4.69, 9.17) is 9.39 Å². The Labute approximate surface area is 172 Å². The van der Waals surface area contributed by atoms with Crippen LogP contribution >= 0.6 is 0 Å². The van der Waals surface area contributed by atoms with Crippen molar-refractivity contribution >= 4 is 30.6 Å². The van der Waals surface area contributed by atoms with Crippen LogP contribution in [0.2, 0.25) is 0 Å². The van der Waals surface area contributed by atoms with Gasteiger partial charge in [0.1, 0.15) is 11.6 Å². The van der Waals surface area contributed by atoms with Gasteiger partial charge in [-0.05, 0) is 25.4 Å². The van der Waals surface area contributed by atoms with Gasteiger partial charge >= 0.3 is 7.12 Å². The molecule has 4 rings (SSSR count). The Morgan fingerprint density at radius 2 is 2.31 bits per heavy atom. The summed E-state index contributed by atoms with van der Waals surface area (Å²) in [6.45, 7) is 2.87. The average molecular weight is 401 g/mol. The minimum Gasteiger partial charge on any atom is -0.530 e. The van der Waals surface area contributed by atoms with Gasteiger partial charge in [0, 0.05) is 40.0 Å². The molecule has 2 aliphatic heterocycles. The highest BCUT2D eigenvalue weighted by Gasteiger charge is 2.26. The Kier molecular flexibility index (Phi) is 5.33. The molecule has 2 atom stereocenters. The highest BCUT2D eigenvalue weighted by Crippen LogP contribution is 2.32. The second-order valence-corrected chi connectivity index (χ2v) is 6.94. The number of aromatic nitrogens is 2. The smallest absolute Gasteiger partial charge is 0.530 e. The maximum Gasteiger partial charge on any atom is 0.552 e. The largest absolute Gasteiger partial charge is 0.552 e. The number of benzene rings is 1. The van der Waals surface area contributed by atoms with Gasteiger partial charge in [-0.2, -0.15) is 10.2 Å². The number of anilines is 3. The molecule has 1 fully saturated rings. The number of halogens is 1. The average Bonchev–Trinajstić information content (AvgIpc) is 2.71. The van der Waals surface area contributed by atoms with Crippen LogP contribution in [-0.4, -0.2) is 41.4 Å². The number of nitrogens with zero attached hydrogens (tertiary/aromatic N) is 3. The van der Waals surface area contributed by atoms with E-state index in [-0.39, 0.29) is 27.9 Å². The Morgan fingerprint density at radius 1 is 1.45 bits per heavy atom. The van der Waals surface area contributed by atoms with Gasteiger partial charge in [0.15, 0.2) is 5.82 Å². The molecule has 0 saturated carbocycles. The van der Waals surface area contributed by atoms with Crippen molar-refractivity contribution in [2.75, 3.05) is 23.8 Å². The van der Waals surface area contributed by atoms with Gasteiger partial charge in [-0.1, -0.05) is 6.08 Å². The lowest BCUT2D eigenvalue weighted by Gasteiger charge is -2.28. The zero-order valence-corrected chi connectivity index (χ0v) is 15.7. The first-order chi connectivity index (χ1) is 14.0. The second-order valence-electron chi connectivity index (χ2n) is 6.94. The van der Waals surface area contributed by atoms with E-state index >= 15 is 0 Å². The highest BCUT2D eigenvalue weighted by molar-refractivity contribution is 6.51. The minimum atomic E-state index is -1.16. The molecule has 2 aliphatic rings. The molecule has 1 aromatic heterocycles. The van der Waals surface area contributed by atoms with Crippen LogP contribution in [0.1, 0.15) is 21.8 Å². The van der Waals surface area contributed by atoms with E-state index in [1.165, 1.54) is 12.0 Å². The molecule has 0 aliphatic carbocycles. The van der Waals surface area contributed by atoms with E-state index in [0.29, 0.717) is 36.7 Å². The summed E-state index contributed by atoms with van der Waals surface area (Å²) in [6.07, 6.45) is 3.91. The fourth-order valence-corrected chi connectivity index (χ4v) is 3.27. The van der Waals surface area contributed by atoms with Gasteiger partial charge in [0.2, 0.25) is 5.95 Å². The van der Waals surface area contributed by atoms with Crippen molar-refractivity contribution in [1.29, 1.82) is 5.26 Å². The van der Waals surface area contributed by atoms with E-state index in [1.54, 1.807) is 18.3 Å².